The van der Waals surface area contributed by atoms with Crippen LogP contribution in [0.1, 0.15) is 37.9 Å². The van der Waals surface area contributed by atoms with Crippen LogP contribution in [0.5, 0.6) is 17.2 Å². The number of thiazole rings is 1. The van der Waals surface area contributed by atoms with Crippen LogP contribution in [0.15, 0.2) is 76.2 Å². The first-order valence-electron chi connectivity index (χ1n) is 11.9. The number of allylic oxidation sites excluding steroid dienone is 1. The predicted molar refractivity (Wildman–Crippen MR) is 142 cm³/mol. The van der Waals surface area contributed by atoms with Crippen molar-refractivity contribution in [3.05, 3.63) is 97.2 Å². The third kappa shape index (κ3) is 5.36. The summed E-state index contributed by atoms with van der Waals surface area (Å²) in [7, 11) is 0. The van der Waals surface area contributed by atoms with Crippen molar-refractivity contribution >= 4 is 23.4 Å². The van der Waals surface area contributed by atoms with Crippen LogP contribution in [0.25, 0.3) is 6.08 Å². The maximum atomic E-state index is 13.7. The summed E-state index contributed by atoms with van der Waals surface area (Å²) in [6.07, 6.45) is 3.38. The topological polar surface area (TPSA) is 99.4 Å². The van der Waals surface area contributed by atoms with Gasteiger partial charge in [0.25, 0.3) is 5.56 Å². The molecular weight excluding hydrogens is 492 g/mol. The van der Waals surface area contributed by atoms with Crippen molar-refractivity contribution in [2.45, 2.75) is 26.8 Å². The largest absolute Gasteiger partial charge is 0.504 e. The maximum Gasteiger partial charge on any atom is 0.338 e. The molecule has 37 heavy (non-hydrogen) atoms. The van der Waals surface area contributed by atoms with Gasteiger partial charge in [0.2, 0.25) is 0 Å². The highest BCUT2D eigenvalue weighted by atomic mass is 32.1. The van der Waals surface area contributed by atoms with E-state index in [9.17, 15) is 14.7 Å². The van der Waals surface area contributed by atoms with Gasteiger partial charge in [-0.05, 0) is 62.2 Å². The van der Waals surface area contributed by atoms with E-state index in [0.29, 0.717) is 50.9 Å². The summed E-state index contributed by atoms with van der Waals surface area (Å²) < 4.78 is 18.4. The molecular formula is C28H28N2O6S. The van der Waals surface area contributed by atoms with Gasteiger partial charge in [0.05, 0.1) is 35.1 Å². The molecule has 0 saturated carbocycles. The average Bonchev–Trinajstić information content (AvgIpc) is 3.18. The Bertz CT molecular complexity index is 1530. The van der Waals surface area contributed by atoms with Crippen LogP contribution < -0.4 is 24.4 Å². The Morgan fingerprint density at radius 2 is 1.92 bits per heavy atom. The van der Waals surface area contributed by atoms with Gasteiger partial charge in [-0.25, -0.2) is 9.79 Å². The standard InChI is InChI=1S/C28H28N2O6S/c1-5-14-36-20-11-9-19(10-12-20)25-24(27(33)35-7-3)17(4)29-28-30(25)26(32)23(37-28)16-18-8-13-21(31)22(15-18)34-6-2/h5,8-13,15-16,25,31H,1,6-7,14H2,2-4H3/b23-16-/t25-/m1/s1. The summed E-state index contributed by atoms with van der Waals surface area (Å²) in [6.45, 7) is 9.92. The second kappa shape index (κ2) is 11.3. The number of nitrogens with zero attached hydrogens (tertiary/aromatic N) is 2. The van der Waals surface area contributed by atoms with Gasteiger partial charge in [0, 0.05) is 0 Å². The lowest BCUT2D eigenvalue weighted by atomic mass is 9.96. The molecule has 0 aliphatic carbocycles. The number of carbonyl (C=O) groups excluding carboxylic acids is 1. The van der Waals surface area contributed by atoms with E-state index in [2.05, 4.69) is 11.6 Å². The van der Waals surface area contributed by atoms with Gasteiger partial charge in [0.15, 0.2) is 16.3 Å². The molecule has 8 nitrogen and oxygen atoms in total. The zero-order chi connectivity index (χ0) is 26.5. The lowest BCUT2D eigenvalue weighted by Gasteiger charge is -2.24. The zero-order valence-corrected chi connectivity index (χ0v) is 21.7. The highest BCUT2D eigenvalue weighted by Crippen LogP contribution is 2.32. The molecule has 1 aliphatic heterocycles. The molecule has 9 heteroatoms. The Balaban J connectivity index is 1.87. The van der Waals surface area contributed by atoms with E-state index in [1.54, 1.807) is 50.3 Å². The van der Waals surface area contributed by atoms with Crippen molar-refractivity contribution < 1.29 is 24.1 Å². The van der Waals surface area contributed by atoms with Crippen molar-refractivity contribution in [1.82, 2.24) is 4.57 Å². The van der Waals surface area contributed by atoms with Gasteiger partial charge in [-0.3, -0.25) is 9.36 Å². The van der Waals surface area contributed by atoms with Gasteiger partial charge in [-0.2, -0.15) is 0 Å². The lowest BCUT2D eigenvalue weighted by molar-refractivity contribution is -0.139. The van der Waals surface area contributed by atoms with Crippen LogP contribution in [-0.4, -0.2) is 35.5 Å². The minimum Gasteiger partial charge on any atom is -0.504 e. The SMILES string of the molecule is C=CCOc1ccc([C@@H]2C(C(=O)OCC)=C(C)N=c3s/c(=C\c4ccc(O)c(OCC)c4)c(=O)n32)cc1. The van der Waals surface area contributed by atoms with Gasteiger partial charge in [-0.15, -0.1) is 0 Å². The summed E-state index contributed by atoms with van der Waals surface area (Å²) in [6, 6.07) is 11.4. The van der Waals surface area contributed by atoms with Crippen LogP contribution in [-0.2, 0) is 9.53 Å². The number of phenols is 1. The fourth-order valence-corrected chi connectivity index (χ4v) is 5.10. The predicted octanol–water partition coefficient (Wildman–Crippen LogP) is 3.47. The van der Waals surface area contributed by atoms with Crippen LogP contribution in [0.4, 0.5) is 0 Å². The van der Waals surface area contributed by atoms with Gasteiger partial charge < -0.3 is 19.3 Å². The van der Waals surface area contributed by atoms with E-state index < -0.39 is 12.0 Å². The lowest BCUT2D eigenvalue weighted by Crippen LogP contribution is -2.39. The van der Waals surface area contributed by atoms with Crippen molar-refractivity contribution in [2.24, 2.45) is 4.99 Å². The normalized spacial score (nSPS) is 15.1. The second-order valence-corrected chi connectivity index (χ2v) is 9.14. The van der Waals surface area contributed by atoms with Crippen LogP contribution in [0.3, 0.4) is 0 Å². The first-order valence-corrected chi connectivity index (χ1v) is 12.7. The molecule has 1 atom stereocenters. The number of fused-ring (bicyclic) bond motifs is 1. The van der Waals surface area contributed by atoms with Crippen LogP contribution in [0, 0.1) is 0 Å². The first kappa shape index (κ1) is 26.0. The van der Waals surface area contributed by atoms with Crippen molar-refractivity contribution in [3.63, 3.8) is 0 Å². The number of benzene rings is 2. The average molecular weight is 521 g/mol. The van der Waals surface area contributed by atoms with Gasteiger partial charge in [0.1, 0.15) is 12.4 Å². The number of rotatable bonds is 9. The number of esters is 1. The van der Waals surface area contributed by atoms with E-state index >= 15 is 0 Å². The monoisotopic (exact) mass is 520 g/mol. The first-order chi connectivity index (χ1) is 17.9. The minimum atomic E-state index is -0.718. The Labute approximate surface area is 218 Å². The summed E-state index contributed by atoms with van der Waals surface area (Å²) >= 11 is 1.23. The van der Waals surface area contributed by atoms with E-state index in [0.717, 1.165) is 5.56 Å². The highest BCUT2D eigenvalue weighted by molar-refractivity contribution is 7.07. The quantitative estimate of drug-likeness (QED) is 0.343. The van der Waals surface area contributed by atoms with Crippen molar-refractivity contribution in [3.8, 4) is 17.2 Å². The fourth-order valence-electron chi connectivity index (χ4n) is 4.05. The Morgan fingerprint density at radius 1 is 1.16 bits per heavy atom. The number of aromatic hydroxyl groups is 1. The molecule has 1 N–H and O–H groups in total. The summed E-state index contributed by atoms with van der Waals surface area (Å²) in [4.78, 5) is 31.8. The second-order valence-electron chi connectivity index (χ2n) is 8.13. The number of aromatic nitrogens is 1. The summed E-state index contributed by atoms with van der Waals surface area (Å²) in [5.41, 5.74) is 1.92. The third-order valence-corrected chi connectivity index (χ3v) is 6.65. The Hall–Kier alpha value is -4.11. The molecule has 0 spiro atoms. The van der Waals surface area contributed by atoms with Gasteiger partial charge in [-0.1, -0.05) is 42.2 Å². The highest BCUT2D eigenvalue weighted by Gasteiger charge is 2.33. The molecule has 2 aromatic carbocycles. The molecule has 0 amide bonds. The number of phenolic OH excluding ortho intramolecular Hbond substituents is 1. The van der Waals surface area contributed by atoms with E-state index in [1.807, 2.05) is 19.1 Å². The molecule has 0 bridgehead atoms. The van der Waals surface area contributed by atoms with E-state index in [-0.39, 0.29) is 17.9 Å². The third-order valence-electron chi connectivity index (χ3n) is 5.66. The molecule has 4 rings (SSSR count). The zero-order valence-electron chi connectivity index (χ0n) is 20.9. The number of hydrogen-bond acceptors (Lipinski definition) is 8. The summed E-state index contributed by atoms with van der Waals surface area (Å²) in [5.74, 6) is 0.485. The molecule has 1 aromatic heterocycles. The number of hydrogen-bond donors (Lipinski definition) is 1. The Morgan fingerprint density at radius 3 is 2.59 bits per heavy atom. The molecule has 3 aromatic rings. The Kier molecular flexibility index (Phi) is 7.93. The molecule has 0 saturated heterocycles. The molecule has 192 valence electrons. The molecule has 0 fully saturated rings. The summed E-state index contributed by atoms with van der Waals surface area (Å²) in [5, 5.41) is 10.0. The van der Waals surface area contributed by atoms with Crippen molar-refractivity contribution in [2.75, 3.05) is 19.8 Å². The van der Waals surface area contributed by atoms with E-state index in [1.165, 1.54) is 22.0 Å². The number of carbonyl (C=O) groups is 1. The molecule has 0 unspecified atom stereocenters. The van der Waals surface area contributed by atoms with Crippen molar-refractivity contribution in [1.29, 1.82) is 0 Å². The number of ether oxygens (including phenoxy) is 3. The van der Waals surface area contributed by atoms with Gasteiger partial charge >= 0.3 is 5.97 Å². The van der Waals surface area contributed by atoms with Crippen LogP contribution >= 0.6 is 11.3 Å². The van der Waals surface area contributed by atoms with Crippen LogP contribution in [0.2, 0.25) is 0 Å². The van der Waals surface area contributed by atoms with E-state index in [4.69, 9.17) is 14.2 Å². The minimum absolute atomic E-state index is 0.0238. The maximum absolute atomic E-state index is 13.7. The molecule has 0 radical (unpaired) electrons. The smallest absolute Gasteiger partial charge is 0.338 e. The fraction of sp³-hybridized carbons (Fsp3) is 0.250. The molecule has 1 aliphatic rings. The molecule has 2 heterocycles.